The fourth-order valence-corrected chi connectivity index (χ4v) is 37.6. The van der Waals surface area contributed by atoms with Crippen LogP contribution in [0.2, 0.25) is 22.7 Å². The van der Waals surface area contributed by atoms with Crippen molar-refractivity contribution in [2.24, 2.45) is 0 Å². The van der Waals surface area contributed by atoms with Gasteiger partial charge in [0.15, 0.2) is 0 Å². The zero-order chi connectivity index (χ0) is 24.1. The van der Waals surface area contributed by atoms with Gasteiger partial charge in [-0.25, -0.2) is 0 Å². The Morgan fingerprint density at radius 1 is 0.469 bits per heavy atom. The molecule has 0 atom stereocenters. The molecule has 12 heteroatoms. The molecule has 1 rings (SSSR count). The van der Waals surface area contributed by atoms with Crippen molar-refractivity contribution >= 4 is 34.2 Å². The predicted octanol–water partition coefficient (Wildman–Crippen LogP) is 4.22. The van der Waals surface area contributed by atoms with Gasteiger partial charge in [0, 0.05) is 75.5 Å². The smallest absolute Gasteiger partial charge is 0.417 e. The number of hydrogen-bond acceptors (Lipinski definition) is 8. The number of rotatable bonds is 18. The van der Waals surface area contributed by atoms with E-state index in [-0.39, 0.29) is 0 Å². The van der Waals surface area contributed by atoms with Crippen molar-refractivity contribution < 1.29 is 35.4 Å². The van der Waals surface area contributed by atoms with Crippen LogP contribution in [0.15, 0.2) is 0 Å². The van der Waals surface area contributed by atoms with Crippen LogP contribution < -0.4 is 0 Å². The van der Waals surface area contributed by atoms with Crippen LogP contribution in [-0.4, -0.2) is 87.1 Å². The minimum absolute atomic E-state index is 0.543. The maximum Gasteiger partial charge on any atom is 0.500 e. The molecule has 0 aromatic heterocycles. The summed E-state index contributed by atoms with van der Waals surface area (Å²) in [5.41, 5.74) is 3.10. The van der Waals surface area contributed by atoms with E-state index in [2.05, 4.69) is 6.92 Å². The molecule has 1 heterocycles. The second kappa shape index (κ2) is 14.8. The Kier molecular flexibility index (Phi) is 14.2. The standard InChI is InChI=1S/C20H48O8Si4/c1-9-21-29(19-32(26-14-6,27-15-7)28-16-8)17-30(22-10-2,23-11-3)20-31(18-29,24-12-4)25-13-5/h9-20H2,1-8H3. The summed E-state index contributed by atoms with van der Waals surface area (Å²) >= 11 is 0. The van der Waals surface area contributed by atoms with E-state index in [1.165, 1.54) is 0 Å². The first kappa shape index (κ1) is 30.6. The molecule has 1 fully saturated rings. The second-order valence-corrected chi connectivity index (χ2v) is 23.2. The minimum Gasteiger partial charge on any atom is -0.417 e. The third kappa shape index (κ3) is 8.34. The van der Waals surface area contributed by atoms with Gasteiger partial charge < -0.3 is 35.4 Å². The topological polar surface area (TPSA) is 73.8 Å². The van der Waals surface area contributed by atoms with Gasteiger partial charge >= 0.3 is 25.9 Å². The Morgan fingerprint density at radius 2 is 0.812 bits per heavy atom. The van der Waals surface area contributed by atoms with Crippen molar-refractivity contribution in [3.8, 4) is 0 Å². The fraction of sp³-hybridized carbons (Fsp3) is 1.00. The largest absolute Gasteiger partial charge is 0.500 e. The number of hydrogen-bond donors (Lipinski definition) is 0. The van der Waals surface area contributed by atoms with Crippen LogP contribution in [0.1, 0.15) is 55.4 Å². The molecule has 0 bridgehead atoms. The van der Waals surface area contributed by atoms with Gasteiger partial charge in [-0.3, -0.25) is 0 Å². The van der Waals surface area contributed by atoms with Gasteiger partial charge in [-0.2, -0.15) is 0 Å². The Morgan fingerprint density at radius 3 is 1.09 bits per heavy atom. The first-order valence-electron chi connectivity index (χ1n) is 12.4. The average molecular weight is 529 g/mol. The third-order valence-corrected chi connectivity index (χ3v) is 29.9. The third-order valence-electron chi connectivity index (χ3n) is 5.43. The summed E-state index contributed by atoms with van der Waals surface area (Å²) in [5, 5.41) is 0. The van der Waals surface area contributed by atoms with Crippen LogP contribution in [0.25, 0.3) is 0 Å². The quantitative estimate of drug-likeness (QED) is 0.245. The molecule has 192 valence electrons. The van der Waals surface area contributed by atoms with Crippen LogP contribution in [0.3, 0.4) is 0 Å². The van der Waals surface area contributed by atoms with Crippen molar-refractivity contribution in [2.45, 2.75) is 78.1 Å². The van der Waals surface area contributed by atoms with Crippen molar-refractivity contribution in [3.63, 3.8) is 0 Å². The summed E-state index contributed by atoms with van der Waals surface area (Å²) < 4.78 is 51.6. The van der Waals surface area contributed by atoms with Crippen LogP contribution in [0.4, 0.5) is 0 Å². The lowest BCUT2D eigenvalue weighted by Gasteiger charge is -2.50. The molecular formula is C20H48O8Si4. The molecule has 0 amide bonds. The van der Waals surface area contributed by atoms with Gasteiger partial charge in [0.2, 0.25) is 8.32 Å². The highest BCUT2D eigenvalue weighted by atomic mass is 28.5. The molecule has 0 saturated carbocycles. The van der Waals surface area contributed by atoms with E-state index in [1.54, 1.807) is 0 Å². The first-order chi connectivity index (χ1) is 15.3. The van der Waals surface area contributed by atoms with Crippen molar-refractivity contribution in [1.29, 1.82) is 0 Å². The van der Waals surface area contributed by atoms with Crippen molar-refractivity contribution in [3.05, 3.63) is 0 Å². The zero-order valence-corrected chi connectivity index (χ0v) is 25.8. The maximum atomic E-state index is 6.74. The maximum absolute atomic E-state index is 6.74. The van der Waals surface area contributed by atoms with Crippen molar-refractivity contribution in [1.82, 2.24) is 0 Å². The Hall–Kier alpha value is 0.548. The van der Waals surface area contributed by atoms with E-state index < -0.39 is 34.2 Å². The highest BCUT2D eigenvalue weighted by Crippen LogP contribution is 2.46. The zero-order valence-electron chi connectivity index (χ0n) is 21.8. The van der Waals surface area contributed by atoms with Crippen molar-refractivity contribution in [2.75, 3.05) is 52.9 Å². The Labute approximate surface area is 200 Å². The summed E-state index contributed by atoms with van der Waals surface area (Å²) in [6.45, 7) is 20.9. The van der Waals surface area contributed by atoms with Gasteiger partial charge in [0.25, 0.3) is 0 Å². The van der Waals surface area contributed by atoms with Crippen LogP contribution in [0.5, 0.6) is 0 Å². The Balaban J connectivity index is 3.59. The second-order valence-electron chi connectivity index (χ2n) is 7.86. The van der Waals surface area contributed by atoms with E-state index in [1.807, 2.05) is 48.5 Å². The normalized spacial score (nSPS) is 19.9. The predicted molar refractivity (Wildman–Crippen MR) is 135 cm³/mol. The molecule has 32 heavy (non-hydrogen) atoms. The van der Waals surface area contributed by atoms with Gasteiger partial charge in [-0.05, 0) is 55.4 Å². The van der Waals surface area contributed by atoms with E-state index in [0.29, 0.717) is 58.5 Å². The molecule has 0 spiro atoms. The highest BCUT2D eigenvalue weighted by Gasteiger charge is 2.67. The lowest BCUT2D eigenvalue weighted by Crippen LogP contribution is -2.70. The van der Waals surface area contributed by atoms with Gasteiger partial charge in [0.05, 0.1) is 0 Å². The fourth-order valence-electron chi connectivity index (χ4n) is 5.04. The molecular weight excluding hydrogens is 481 g/mol. The Bertz CT molecular complexity index is 461. The first-order valence-corrected chi connectivity index (χ1v) is 21.4. The molecule has 1 saturated heterocycles. The van der Waals surface area contributed by atoms with Crippen LogP contribution >= 0.6 is 0 Å². The molecule has 0 aliphatic carbocycles. The molecule has 8 nitrogen and oxygen atoms in total. The summed E-state index contributed by atoms with van der Waals surface area (Å²) in [6.07, 6.45) is 0. The molecule has 0 aromatic carbocycles. The summed E-state index contributed by atoms with van der Waals surface area (Å²) in [7, 11) is -10.7. The van der Waals surface area contributed by atoms with Gasteiger partial charge in [0.1, 0.15) is 0 Å². The lowest BCUT2D eigenvalue weighted by atomic mass is 10.9. The molecule has 0 radical (unpaired) electrons. The average Bonchev–Trinajstić information content (AvgIpc) is 2.69. The minimum atomic E-state index is -2.95. The van der Waals surface area contributed by atoms with Gasteiger partial charge in [-0.1, -0.05) is 0 Å². The molecule has 1 aliphatic heterocycles. The lowest BCUT2D eigenvalue weighted by molar-refractivity contribution is 0.0739. The summed E-state index contributed by atoms with van der Waals surface area (Å²) in [5.74, 6) is 0. The molecule has 1 aliphatic rings. The summed E-state index contributed by atoms with van der Waals surface area (Å²) in [6, 6.07) is 0. The molecule has 0 N–H and O–H groups in total. The van der Waals surface area contributed by atoms with Crippen LogP contribution in [-0.2, 0) is 35.4 Å². The van der Waals surface area contributed by atoms with E-state index in [0.717, 1.165) is 17.0 Å². The van der Waals surface area contributed by atoms with E-state index in [9.17, 15) is 0 Å². The molecule has 0 unspecified atom stereocenters. The monoisotopic (exact) mass is 528 g/mol. The van der Waals surface area contributed by atoms with E-state index in [4.69, 9.17) is 35.4 Å². The summed E-state index contributed by atoms with van der Waals surface area (Å²) in [4.78, 5) is 0. The van der Waals surface area contributed by atoms with E-state index >= 15 is 0 Å². The molecule has 0 aromatic rings. The van der Waals surface area contributed by atoms with Gasteiger partial charge in [-0.15, -0.1) is 0 Å². The highest BCUT2D eigenvalue weighted by molar-refractivity contribution is 7.08. The van der Waals surface area contributed by atoms with Crippen LogP contribution in [0, 0.1) is 0 Å². The SMILES string of the molecule is CCO[Si]1(C[Si](OCC)(OCC)OCC)C[Si](OCC)(OCC)C[Si](OCC)(OCC)C1.